The molecule has 0 aliphatic rings. The topological polar surface area (TPSA) is 99.4 Å². The zero-order valence-corrected chi connectivity index (χ0v) is 10.8. The third-order valence-electron chi connectivity index (χ3n) is 2.69. The van der Waals surface area contributed by atoms with E-state index < -0.39 is 21.1 Å². The zero-order valence-electron chi connectivity index (χ0n) is 10.1. The van der Waals surface area contributed by atoms with Crippen LogP contribution in [0.5, 0.6) is 0 Å². The molecular weight excluding hydrogens is 288 g/mol. The van der Waals surface area contributed by atoms with Gasteiger partial charge in [-0.25, -0.2) is 0 Å². The van der Waals surface area contributed by atoms with Gasteiger partial charge < -0.3 is 4.42 Å². The highest BCUT2D eigenvalue weighted by atomic mass is 35.5. The lowest BCUT2D eigenvalue weighted by molar-refractivity contribution is -0.402. The molecule has 1 aromatic heterocycles. The first kappa shape index (κ1) is 14.0. The van der Waals surface area contributed by atoms with E-state index in [-0.39, 0.29) is 17.9 Å². The Labute approximate surface area is 118 Å². The number of halogens is 1. The van der Waals surface area contributed by atoms with Crippen LogP contribution in [0.25, 0.3) is 0 Å². The van der Waals surface area contributed by atoms with Crippen LogP contribution in [0.3, 0.4) is 0 Å². The molecule has 1 unspecified atom stereocenters. The highest BCUT2D eigenvalue weighted by Gasteiger charge is 2.21. The van der Waals surface area contributed by atoms with Crippen LogP contribution in [0.4, 0.5) is 11.6 Å². The number of hydrogen-bond acceptors (Lipinski definition) is 5. The summed E-state index contributed by atoms with van der Waals surface area (Å²) in [5.74, 6) is -0.204. The Bertz CT molecular complexity index is 655. The van der Waals surface area contributed by atoms with E-state index in [1.807, 2.05) is 0 Å². The largest absolute Gasteiger partial charge is 0.433 e. The molecule has 8 heteroatoms. The van der Waals surface area contributed by atoms with Gasteiger partial charge in [0.15, 0.2) is 0 Å². The van der Waals surface area contributed by atoms with Crippen LogP contribution < -0.4 is 0 Å². The van der Waals surface area contributed by atoms with Gasteiger partial charge in [-0.1, -0.05) is 18.2 Å². The molecule has 20 heavy (non-hydrogen) atoms. The number of hydrogen-bond donors (Lipinski definition) is 0. The number of alkyl halides is 1. The molecule has 0 aliphatic carbocycles. The fraction of sp³-hybridized carbons (Fsp3) is 0.167. The lowest BCUT2D eigenvalue weighted by atomic mass is 10.1. The molecule has 0 saturated carbocycles. The van der Waals surface area contributed by atoms with Crippen molar-refractivity contribution >= 4 is 23.2 Å². The third kappa shape index (κ3) is 2.94. The second-order valence-electron chi connectivity index (χ2n) is 3.99. The fourth-order valence-electron chi connectivity index (χ4n) is 1.76. The number of nitro groups is 2. The molecule has 2 aromatic rings. The number of benzene rings is 1. The van der Waals surface area contributed by atoms with Crippen molar-refractivity contribution in [3.05, 3.63) is 68.0 Å². The van der Waals surface area contributed by atoms with Gasteiger partial charge in [0, 0.05) is 18.1 Å². The maximum atomic E-state index is 10.9. The van der Waals surface area contributed by atoms with E-state index in [1.165, 1.54) is 18.2 Å². The molecule has 7 nitrogen and oxygen atoms in total. The van der Waals surface area contributed by atoms with Gasteiger partial charge in [-0.3, -0.25) is 20.2 Å². The minimum Gasteiger partial charge on any atom is -0.404 e. The van der Waals surface area contributed by atoms with Gasteiger partial charge in [0.25, 0.3) is 5.69 Å². The molecule has 1 aromatic carbocycles. The number of rotatable bonds is 5. The van der Waals surface area contributed by atoms with Gasteiger partial charge in [-0.2, -0.15) is 0 Å². The Kier molecular flexibility index (Phi) is 3.99. The molecule has 1 atom stereocenters. The number of furan rings is 1. The van der Waals surface area contributed by atoms with Gasteiger partial charge in [-0.15, -0.1) is 11.6 Å². The van der Waals surface area contributed by atoms with E-state index in [1.54, 1.807) is 18.2 Å². The zero-order chi connectivity index (χ0) is 14.7. The molecule has 0 bridgehead atoms. The van der Waals surface area contributed by atoms with Gasteiger partial charge >= 0.3 is 5.88 Å². The summed E-state index contributed by atoms with van der Waals surface area (Å²) in [6.07, 6.45) is 0.142. The summed E-state index contributed by atoms with van der Waals surface area (Å²) in [6.45, 7) is 0. The van der Waals surface area contributed by atoms with Crippen molar-refractivity contribution in [3.63, 3.8) is 0 Å². The Morgan fingerprint density at radius 3 is 2.40 bits per heavy atom. The van der Waals surface area contributed by atoms with E-state index in [0.717, 1.165) is 0 Å². The van der Waals surface area contributed by atoms with Crippen LogP contribution in [0, 0.1) is 20.2 Å². The maximum absolute atomic E-state index is 10.9. The van der Waals surface area contributed by atoms with Crippen molar-refractivity contribution in [1.82, 2.24) is 0 Å². The highest BCUT2D eigenvalue weighted by molar-refractivity contribution is 6.20. The number of nitro benzene ring substituents is 1. The Hall–Kier alpha value is -2.41. The van der Waals surface area contributed by atoms with Gasteiger partial charge in [0.2, 0.25) is 0 Å². The lowest BCUT2D eigenvalue weighted by Gasteiger charge is -2.06. The summed E-state index contributed by atoms with van der Waals surface area (Å²) < 4.78 is 4.98. The van der Waals surface area contributed by atoms with Gasteiger partial charge in [0.1, 0.15) is 10.7 Å². The van der Waals surface area contributed by atoms with Crippen molar-refractivity contribution < 1.29 is 14.3 Å². The lowest BCUT2D eigenvalue weighted by Crippen LogP contribution is -1.99. The van der Waals surface area contributed by atoms with E-state index in [0.29, 0.717) is 5.56 Å². The summed E-state index contributed by atoms with van der Waals surface area (Å²) >= 11 is 6.10. The first-order valence-corrected chi connectivity index (χ1v) is 6.03. The standard InChI is InChI=1S/C12H9ClN2O5/c13-9(11-5-6-12(20-11)15(18)19)7-8-3-1-2-4-10(8)14(16)17/h1-6,9H,7H2. The van der Waals surface area contributed by atoms with Crippen LogP contribution in [0.2, 0.25) is 0 Å². The molecule has 104 valence electrons. The molecule has 0 saturated heterocycles. The maximum Gasteiger partial charge on any atom is 0.433 e. The quantitative estimate of drug-likeness (QED) is 0.476. The minimum atomic E-state index is -0.718. The Morgan fingerprint density at radius 2 is 1.80 bits per heavy atom. The van der Waals surface area contributed by atoms with Crippen LogP contribution in [0.1, 0.15) is 16.7 Å². The van der Waals surface area contributed by atoms with Gasteiger partial charge in [-0.05, 0) is 6.07 Å². The van der Waals surface area contributed by atoms with E-state index in [2.05, 4.69) is 0 Å². The molecule has 1 heterocycles. The highest BCUT2D eigenvalue weighted by Crippen LogP contribution is 2.31. The minimum absolute atomic E-state index is 0.0424. The Morgan fingerprint density at radius 1 is 1.10 bits per heavy atom. The SMILES string of the molecule is O=[N+]([O-])c1ccc(C(Cl)Cc2ccccc2[N+](=O)[O-])o1. The molecule has 0 amide bonds. The van der Waals surface area contributed by atoms with Gasteiger partial charge in [0.05, 0.1) is 16.4 Å². The molecule has 0 spiro atoms. The van der Waals surface area contributed by atoms with Crippen molar-refractivity contribution in [2.45, 2.75) is 11.8 Å². The second kappa shape index (κ2) is 5.70. The average molecular weight is 297 g/mol. The summed E-state index contributed by atoms with van der Waals surface area (Å²) in [5.41, 5.74) is 0.399. The van der Waals surface area contributed by atoms with E-state index >= 15 is 0 Å². The van der Waals surface area contributed by atoms with E-state index in [9.17, 15) is 20.2 Å². The predicted molar refractivity (Wildman–Crippen MR) is 70.8 cm³/mol. The summed E-state index contributed by atoms with van der Waals surface area (Å²) in [7, 11) is 0. The number of nitrogens with zero attached hydrogens (tertiary/aromatic N) is 2. The Balaban J connectivity index is 2.21. The van der Waals surface area contributed by atoms with Crippen molar-refractivity contribution in [3.8, 4) is 0 Å². The smallest absolute Gasteiger partial charge is 0.404 e. The second-order valence-corrected chi connectivity index (χ2v) is 4.52. The molecular formula is C12H9ClN2O5. The van der Waals surface area contributed by atoms with Crippen molar-refractivity contribution in [2.75, 3.05) is 0 Å². The molecule has 2 rings (SSSR count). The number of para-hydroxylation sites is 1. The van der Waals surface area contributed by atoms with Crippen LogP contribution in [-0.2, 0) is 6.42 Å². The van der Waals surface area contributed by atoms with Crippen LogP contribution in [-0.4, -0.2) is 9.85 Å². The molecule has 0 fully saturated rings. The summed E-state index contributed by atoms with van der Waals surface area (Å²) in [4.78, 5) is 20.2. The predicted octanol–water partition coefficient (Wildman–Crippen LogP) is 3.62. The first-order chi connectivity index (χ1) is 9.49. The normalized spacial score (nSPS) is 12.1. The molecule has 0 radical (unpaired) electrons. The van der Waals surface area contributed by atoms with E-state index in [4.69, 9.17) is 16.0 Å². The summed E-state index contributed by atoms with van der Waals surface area (Å²) in [5, 5.41) is 20.7. The average Bonchev–Trinajstić information content (AvgIpc) is 2.89. The fourth-order valence-corrected chi connectivity index (χ4v) is 2.05. The van der Waals surface area contributed by atoms with Crippen LogP contribution >= 0.6 is 11.6 Å². The molecule has 0 N–H and O–H groups in total. The monoisotopic (exact) mass is 296 g/mol. The first-order valence-electron chi connectivity index (χ1n) is 5.59. The summed E-state index contributed by atoms with van der Waals surface area (Å²) in [6, 6.07) is 8.78. The van der Waals surface area contributed by atoms with Crippen LogP contribution in [0.15, 0.2) is 40.8 Å². The van der Waals surface area contributed by atoms with Crippen molar-refractivity contribution in [1.29, 1.82) is 0 Å². The third-order valence-corrected chi connectivity index (χ3v) is 3.06. The van der Waals surface area contributed by atoms with Crippen molar-refractivity contribution in [2.24, 2.45) is 0 Å². The molecule has 0 aliphatic heterocycles.